The maximum absolute atomic E-state index is 13.2. The summed E-state index contributed by atoms with van der Waals surface area (Å²) < 4.78 is 0. The van der Waals surface area contributed by atoms with Gasteiger partial charge >= 0.3 is 0 Å². The van der Waals surface area contributed by atoms with E-state index in [1.807, 2.05) is 25.1 Å². The molecule has 1 N–H and O–H groups in total. The van der Waals surface area contributed by atoms with Crippen molar-refractivity contribution in [2.75, 3.05) is 49.5 Å². The van der Waals surface area contributed by atoms with Crippen LogP contribution >= 0.6 is 0 Å². The number of hydrogen-bond acceptors (Lipinski definition) is 5. The molecule has 1 aliphatic heterocycles. The van der Waals surface area contributed by atoms with Crippen LogP contribution in [0, 0.1) is 18.3 Å². The Labute approximate surface area is 226 Å². The summed E-state index contributed by atoms with van der Waals surface area (Å²) in [5.41, 5.74) is 5.72. The van der Waals surface area contributed by atoms with Crippen LogP contribution in [0.5, 0.6) is 0 Å². The van der Waals surface area contributed by atoms with Crippen molar-refractivity contribution in [2.24, 2.45) is 0 Å². The fraction of sp³-hybridized carbons (Fsp3) is 0.312. The zero-order valence-corrected chi connectivity index (χ0v) is 22.6. The number of nitriles is 1. The third kappa shape index (κ3) is 6.24. The first-order chi connectivity index (χ1) is 18.5. The fourth-order valence-corrected chi connectivity index (χ4v) is 5.13. The second-order valence-electron chi connectivity index (χ2n) is 9.54. The van der Waals surface area contributed by atoms with E-state index in [4.69, 9.17) is 0 Å². The molecular weight excluding hydrogens is 470 g/mol. The van der Waals surface area contributed by atoms with Crippen molar-refractivity contribution in [2.45, 2.75) is 26.8 Å². The highest BCUT2D eigenvalue weighted by Crippen LogP contribution is 2.29. The minimum Gasteiger partial charge on any atom is -0.372 e. The topological polar surface area (TPSA) is 62.6 Å². The van der Waals surface area contributed by atoms with Crippen LogP contribution in [-0.2, 0) is 4.79 Å². The molecule has 1 saturated heterocycles. The highest BCUT2D eigenvalue weighted by atomic mass is 16.2. The summed E-state index contributed by atoms with van der Waals surface area (Å²) >= 11 is 0. The number of nitrogens with zero attached hydrogens (tertiary/aromatic N) is 4. The Hall–Kier alpha value is -4.08. The van der Waals surface area contributed by atoms with Crippen molar-refractivity contribution in [1.29, 1.82) is 5.26 Å². The van der Waals surface area contributed by atoms with Crippen LogP contribution in [0.15, 0.2) is 90.6 Å². The van der Waals surface area contributed by atoms with Gasteiger partial charge in [-0.3, -0.25) is 9.69 Å². The maximum Gasteiger partial charge on any atom is 0.266 e. The number of rotatable bonds is 9. The van der Waals surface area contributed by atoms with Gasteiger partial charge in [0.25, 0.3) is 5.91 Å². The molecule has 196 valence electrons. The first-order valence-electron chi connectivity index (χ1n) is 13.4. The zero-order valence-electron chi connectivity index (χ0n) is 22.6. The number of aryl methyl sites for hydroxylation is 1. The van der Waals surface area contributed by atoms with Crippen LogP contribution in [0.3, 0.4) is 0 Å². The molecule has 1 heterocycles. The number of carbonyl (C=O) groups excluding carboxylic acids is 1. The molecule has 1 fully saturated rings. The molecule has 0 radical (unpaired) electrons. The molecule has 0 aromatic heterocycles. The predicted molar refractivity (Wildman–Crippen MR) is 155 cm³/mol. The molecule has 3 aromatic rings. The van der Waals surface area contributed by atoms with E-state index in [0.29, 0.717) is 13.1 Å². The zero-order chi connectivity index (χ0) is 26.9. The molecule has 4 rings (SSSR count). The number of amides is 1. The Morgan fingerprint density at radius 2 is 1.53 bits per heavy atom. The molecule has 3 aromatic carbocycles. The number of benzene rings is 3. The smallest absolute Gasteiger partial charge is 0.266 e. The molecule has 6 nitrogen and oxygen atoms in total. The van der Waals surface area contributed by atoms with E-state index in [1.54, 1.807) is 11.1 Å². The number of anilines is 2. The molecule has 38 heavy (non-hydrogen) atoms. The summed E-state index contributed by atoms with van der Waals surface area (Å²) in [6.07, 6.45) is 1.55. The van der Waals surface area contributed by atoms with Gasteiger partial charge in [-0.2, -0.15) is 5.26 Å². The molecule has 0 aliphatic carbocycles. The van der Waals surface area contributed by atoms with E-state index >= 15 is 0 Å². The van der Waals surface area contributed by atoms with Gasteiger partial charge in [0, 0.05) is 56.8 Å². The lowest BCUT2D eigenvalue weighted by Gasteiger charge is -2.39. The molecule has 0 bridgehead atoms. The summed E-state index contributed by atoms with van der Waals surface area (Å²) in [4.78, 5) is 19.7. The third-order valence-electron chi connectivity index (χ3n) is 7.26. The highest BCUT2D eigenvalue weighted by molar-refractivity contribution is 5.97. The minimum absolute atomic E-state index is 0.119. The van der Waals surface area contributed by atoms with Crippen LogP contribution in [-0.4, -0.2) is 55.0 Å². The normalized spacial score (nSPS) is 14.3. The molecule has 0 spiro atoms. The van der Waals surface area contributed by atoms with Crippen molar-refractivity contribution in [3.63, 3.8) is 0 Å². The third-order valence-corrected chi connectivity index (χ3v) is 7.26. The number of nitrogens with one attached hydrogen (secondary N) is 1. The molecule has 1 aliphatic rings. The van der Waals surface area contributed by atoms with Crippen LogP contribution in [0.4, 0.5) is 11.4 Å². The van der Waals surface area contributed by atoms with E-state index < -0.39 is 0 Å². The molecule has 1 amide bonds. The van der Waals surface area contributed by atoms with E-state index in [1.165, 1.54) is 16.8 Å². The van der Waals surface area contributed by atoms with Crippen molar-refractivity contribution in [3.05, 3.63) is 107 Å². The maximum atomic E-state index is 13.2. The Kier molecular flexibility index (Phi) is 9.18. The van der Waals surface area contributed by atoms with E-state index in [2.05, 4.69) is 95.7 Å². The quantitative estimate of drug-likeness (QED) is 0.302. The second kappa shape index (κ2) is 12.9. The summed E-state index contributed by atoms with van der Waals surface area (Å²) in [6, 6.07) is 29.4. The van der Waals surface area contributed by atoms with Gasteiger partial charge in [0.15, 0.2) is 0 Å². The molecule has 0 atom stereocenters. The predicted octanol–water partition coefficient (Wildman–Crippen LogP) is 5.59. The molecule has 0 saturated carbocycles. The number of piperazine rings is 1. The fourth-order valence-electron chi connectivity index (χ4n) is 5.13. The Balaban J connectivity index is 1.43. The Morgan fingerprint density at radius 1 is 0.947 bits per heavy atom. The van der Waals surface area contributed by atoms with Crippen molar-refractivity contribution in [1.82, 2.24) is 9.80 Å². The van der Waals surface area contributed by atoms with Crippen molar-refractivity contribution >= 4 is 17.3 Å². The summed E-state index contributed by atoms with van der Waals surface area (Å²) in [7, 11) is 0. The average Bonchev–Trinajstić information content (AvgIpc) is 2.96. The van der Waals surface area contributed by atoms with Gasteiger partial charge in [0.1, 0.15) is 11.6 Å². The standard InChI is InChI=1S/C32H37N5O/c1-4-35(5-2)29-16-17-30(25(3)22-29)34-24-28(23-33)32(38)37-20-18-36(19-21-37)31(26-12-8-6-9-13-26)27-14-10-7-11-15-27/h6-17,22,24,31,34H,4-5,18-21H2,1-3H3/b28-24-. The van der Waals surface area contributed by atoms with Gasteiger partial charge in [0.05, 0.1) is 6.04 Å². The summed E-state index contributed by atoms with van der Waals surface area (Å²) in [5, 5.41) is 13.0. The van der Waals surface area contributed by atoms with E-state index in [0.717, 1.165) is 37.4 Å². The molecular formula is C32H37N5O. The molecule has 0 unspecified atom stereocenters. The average molecular weight is 508 g/mol. The van der Waals surface area contributed by atoms with Crippen LogP contribution in [0.2, 0.25) is 0 Å². The van der Waals surface area contributed by atoms with Gasteiger partial charge in [0.2, 0.25) is 0 Å². The van der Waals surface area contributed by atoms with Crippen LogP contribution < -0.4 is 10.2 Å². The Bertz CT molecular complexity index is 1230. The summed E-state index contributed by atoms with van der Waals surface area (Å²) in [5.74, 6) is -0.229. The van der Waals surface area contributed by atoms with Gasteiger partial charge in [-0.25, -0.2) is 0 Å². The number of hydrogen-bond donors (Lipinski definition) is 1. The van der Waals surface area contributed by atoms with Gasteiger partial charge in [-0.1, -0.05) is 60.7 Å². The lowest BCUT2D eigenvalue weighted by atomic mass is 9.96. The van der Waals surface area contributed by atoms with E-state index in [-0.39, 0.29) is 17.5 Å². The SMILES string of the molecule is CCN(CC)c1ccc(N/C=C(/C#N)C(=O)N2CCN(C(c3ccccc3)c3ccccc3)CC2)c(C)c1. The number of carbonyl (C=O) groups is 1. The largest absolute Gasteiger partial charge is 0.372 e. The van der Waals surface area contributed by atoms with Crippen molar-refractivity contribution in [3.8, 4) is 6.07 Å². The van der Waals surface area contributed by atoms with Gasteiger partial charge in [-0.15, -0.1) is 0 Å². The molecule has 6 heteroatoms. The van der Waals surface area contributed by atoms with Gasteiger partial charge in [-0.05, 0) is 55.7 Å². The highest BCUT2D eigenvalue weighted by Gasteiger charge is 2.29. The van der Waals surface area contributed by atoms with E-state index in [9.17, 15) is 10.1 Å². The monoisotopic (exact) mass is 507 g/mol. The van der Waals surface area contributed by atoms with Gasteiger partial charge < -0.3 is 15.1 Å². The lowest BCUT2D eigenvalue weighted by molar-refractivity contribution is -0.128. The van der Waals surface area contributed by atoms with Crippen molar-refractivity contribution < 1.29 is 4.79 Å². The first-order valence-corrected chi connectivity index (χ1v) is 13.4. The first kappa shape index (κ1) is 27.0. The minimum atomic E-state index is -0.229. The summed E-state index contributed by atoms with van der Waals surface area (Å²) in [6.45, 7) is 10.8. The lowest BCUT2D eigenvalue weighted by Crippen LogP contribution is -2.50. The van der Waals surface area contributed by atoms with Crippen LogP contribution in [0.25, 0.3) is 0 Å². The Morgan fingerprint density at radius 3 is 2.03 bits per heavy atom. The van der Waals surface area contributed by atoms with Crippen LogP contribution in [0.1, 0.15) is 36.6 Å². The second-order valence-corrected chi connectivity index (χ2v) is 9.54.